The molecule has 1 aliphatic rings. The van der Waals surface area contributed by atoms with E-state index in [-0.39, 0.29) is 0 Å². The van der Waals surface area contributed by atoms with Crippen LogP contribution in [0.3, 0.4) is 0 Å². The molecule has 1 aromatic heterocycles. The van der Waals surface area contributed by atoms with Gasteiger partial charge < -0.3 is 14.4 Å². The number of aromatic nitrogens is 2. The molecule has 1 aromatic rings. The van der Waals surface area contributed by atoms with Crippen molar-refractivity contribution in [3.05, 3.63) is 11.7 Å². The summed E-state index contributed by atoms with van der Waals surface area (Å²) in [4.78, 5) is 4.29. The lowest BCUT2D eigenvalue weighted by molar-refractivity contribution is 0.00768. The number of hydrogen-bond acceptors (Lipinski definition) is 5. The van der Waals surface area contributed by atoms with Crippen LogP contribution < -0.4 is 0 Å². The largest absolute Gasteiger partial charge is 0.393 e. The molecule has 16 heavy (non-hydrogen) atoms. The van der Waals surface area contributed by atoms with Gasteiger partial charge in [-0.05, 0) is 26.2 Å². The standard InChI is InChI=1S/C11H18N2O3/c1-3-8(14)7-9-12-10(13-16-9)11(2)5-4-6-15-11/h8,14H,3-7H2,1-2H3. The monoisotopic (exact) mass is 226 g/mol. The minimum Gasteiger partial charge on any atom is -0.393 e. The van der Waals surface area contributed by atoms with E-state index in [2.05, 4.69) is 10.1 Å². The van der Waals surface area contributed by atoms with Crippen LogP contribution in [0.25, 0.3) is 0 Å². The van der Waals surface area contributed by atoms with Gasteiger partial charge in [0.2, 0.25) is 11.7 Å². The molecule has 0 bridgehead atoms. The van der Waals surface area contributed by atoms with Crippen LogP contribution in [-0.4, -0.2) is 28.0 Å². The van der Waals surface area contributed by atoms with E-state index in [1.54, 1.807) is 0 Å². The second-order valence-electron chi connectivity index (χ2n) is 4.46. The molecule has 90 valence electrons. The van der Waals surface area contributed by atoms with E-state index >= 15 is 0 Å². The van der Waals surface area contributed by atoms with Crippen LogP contribution in [0.1, 0.15) is 44.8 Å². The van der Waals surface area contributed by atoms with Gasteiger partial charge in [-0.25, -0.2) is 0 Å². The molecule has 2 unspecified atom stereocenters. The zero-order valence-electron chi connectivity index (χ0n) is 9.77. The highest BCUT2D eigenvalue weighted by molar-refractivity contribution is 5.01. The summed E-state index contributed by atoms with van der Waals surface area (Å²) in [6, 6.07) is 0. The molecule has 0 radical (unpaired) electrons. The SMILES string of the molecule is CCC(O)Cc1nc(C2(C)CCCO2)no1. The van der Waals surface area contributed by atoms with Crippen molar-refractivity contribution in [1.82, 2.24) is 10.1 Å². The van der Waals surface area contributed by atoms with Crippen LogP contribution in [0, 0.1) is 0 Å². The van der Waals surface area contributed by atoms with Crippen molar-refractivity contribution in [2.45, 2.75) is 51.2 Å². The van der Waals surface area contributed by atoms with Crippen molar-refractivity contribution in [2.75, 3.05) is 6.61 Å². The zero-order valence-corrected chi connectivity index (χ0v) is 9.77. The average Bonchev–Trinajstić information content (AvgIpc) is 2.88. The molecule has 0 aromatic carbocycles. The Labute approximate surface area is 94.8 Å². The highest BCUT2D eigenvalue weighted by atomic mass is 16.5. The smallest absolute Gasteiger partial charge is 0.229 e. The molecule has 2 heterocycles. The van der Waals surface area contributed by atoms with Crippen LogP contribution in [-0.2, 0) is 16.8 Å². The van der Waals surface area contributed by atoms with Crippen LogP contribution in [0.4, 0.5) is 0 Å². The number of hydrogen-bond donors (Lipinski definition) is 1. The first-order valence-electron chi connectivity index (χ1n) is 5.79. The maximum Gasteiger partial charge on any atom is 0.229 e. The fourth-order valence-corrected chi connectivity index (χ4v) is 1.85. The van der Waals surface area contributed by atoms with Crippen molar-refractivity contribution < 1.29 is 14.4 Å². The molecule has 5 nitrogen and oxygen atoms in total. The van der Waals surface area contributed by atoms with Crippen molar-refractivity contribution in [2.24, 2.45) is 0 Å². The number of rotatable bonds is 4. The Balaban J connectivity index is 2.07. The second kappa shape index (κ2) is 4.51. The summed E-state index contributed by atoms with van der Waals surface area (Å²) in [5, 5.41) is 13.4. The minimum atomic E-state index is -0.411. The van der Waals surface area contributed by atoms with Crippen molar-refractivity contribution in [3.8, 4) is 0 Å². The van der Waals surface area contributed by atoms with E-state index in [9.17, 15) is 5.11 Å². The van der Waals surface area contributed by atoms with Crippen molar-refractivity contribution in [1.29, 1.82) is 0 Å². The van der Waals surface area contributed by atoms with Gasteiger partial charge in [-0.3, -0.25) is 0 Å². The Kier molecular flexibility index (Phi) is 3.25. The van der Waals surface area contributed by atoms with Crippen LogP contribution in [0.5, 0.6) is 0 Å². The Morgan fingerprint density at radius 1 is 1.56 bits per heavy atom. The minimum absolute atomic E-state index is 0.404. The third-order valence-corrected chi connectivity index (χ3v) is 3.04. The van der Waals surface area contributed by atoms with E-state index in [0.717, 1.165) is 19.4 Å². The highest BCUT2D eigenvalue weighted by Crippen LogP contribution is 2.33. The predicted octanol–water partition coefficient (Wildman–Crippen LogP) is 1.41. The van der Waals surface area contributed by atoms with Gasteiger partial charge in [-0.15, -0.1) is 0 Å². The number of ether oxygens (including phenoxy) is 1. The molecular weight excluding hydrogens is 208 g/mol. The Morgan fingerprint density at radius 2 is 2.38 bits per heavy atom. The normalized spacial score (nSPS) is 27.2. The molecule has 0 amide bonds. The number of nitrogens with zero attached hydrogens (tertiary/aromatic N) is 2. The van der Waals surface area contributed by atoms with Crippen LogP contribution in [0.15, 0.2) is 4.52 Å². The summed E-state index contributed by atoms with van der Waals surface area (Å²) in [7, 11) is 0. The van der Waals surface area contributed by atoms with Crippen LogP contribution in [0.2, 0.25) is 0 Å². The van der Waals surface area contributed by atoms with Crippen molar-refractivity contribution >= 4 is 0 Å². The van der Waals surface area contributed by atoms with E-state index in [4.69, 9.17) is 9.26 Å². The summed E-state index contributed by atoms with van der Waals surface area (Å²) in [6.07, 6.45) is 2.64. The lowest BCUT2D eigenvalue weighted by Crippen LogP contribution is -2.21. The third kappa shape index (κ3) is 2.25. The molecule has 1 N–H and O–H groups in total. The van der Waals surface area contributed by atoms with E-state index < -0.39 is 11.7 Å². The second-order valence-corrected chi connectivity index (χ2v) is 4.46. The van der Waals surface area contributed by atoms with Gasteiger partial charge in [0, 0.05) is 6.61 Å². The summed E-state index contributed by atoms with van der Waals surface area (Å²) in [5.74, 6) is 1.09. The first-order valence-corrected chi connectivity index (χ1v) is 5.79. The topological polar surface area (TPSA) is 68.4 Å². The Bertz CT molecular complexity index is 345. The van der Waals surface area contributed by atoms with E-state index in [0.29, 0.717) is 24.6 Å². The van der Waals surface area contributed by atoms with Gasteiger partial charge in [0.05, 0.1) is 12.5 Å². The molecule has 0 aliphatic carbocycles. The third-order valence-electron chi connectivity index (χ3n) is 3.04. The fourth-order valence-electron chi connectivity index (χ4n) is 1.85. The quantitative estimate of drug-likeness (QED) is 0.840. The molecule has 0 spiro atoms. The molecule has 5 heteroatoms. The van der Waals surface area contributed by atoms with Gasteiger partial charge in [0.15, 0.2) is 0 Å². The van der Waals surface area contributed by atoms with E-state index in [1.807, 2.05) is 13.8 Å². The summed E-state index contributed by atoms with van der Waals surface area (Å²) in [5.41, 5.74) is -0.404. The van der Waals surface area contributed by atoms with Crippen molar-refractivity contribution in [3.63, 3.8) is 0 Å². The molecule has 2 rings (SSSR count). The summed E-state index contributed by atoms with van der Waals surface area (Å²) < 4.78 is 10.7. The predicted molar refractivity (Wildman–Crippen MR) is 56.8 cm³/mol. The molecule has 1 aliphatic heterocycles. The highest BCUT2D eigenvalue weighted by Gasteiger charge is 2.36. The van der Waals surface area contributed by atoms with Crippen LogP contribution >= 0.6 is 0 Å². The maximum atomic E-state index is 9.49. The molecular formula is C11H18N2O3. The molecule has 1 saturated heterocycles. The first-order chi connectivity index (χ1) is 7.64. The van der Waals surface area contributed by atoms with Gasteiger partial charge in [0.1, 0.15) is 5.60 Å². The fraction of sp³-hybridized carbons (Fsp3) is 0.818. The summed E-state index contributed by atoms with van der Waals surface area (Å²) >= 11 is 0. The zero-order chi connectivity index (χ0) is 11.6. The van der Waals surface area contributed by atoms with Gasteiger partial charge in [-0.1, -0.05) is 12.1 Å². The Morgan fingerprint density at radius 3 is 3.00 bits per heavy atom. The number of aliphatic hydroxyl groups excluding tert-OH is 1. The van der Waals surface area contributed by atoms with Gasteiger partial charge in [0.25, 0.3) is 0 Å². The Hall–Kier alpha value is -0.940. The van der Waals surface area contributed by atoms with Gasteiger partial charge >= 0.3 is 0 Å². The summed E-state index contributed by atoms with van der Waals surface area (Å²) in [6.45, 7) is 4.65. The lowest BCUT2D eigenvalue weighted by Gasteiger charge is -2.17. The van der Waals surface area contributed by atoms with E-state index in [1.165, 1.54) is 0 Å². The maximum absolute atomic E-state index is 9.49. The van der Waals surface area contributed by atoms with Gasteiger partial charge in [-0.2, -0.15) is 4.98 Å². The first kappa shape index (κ1) is 11.5. The lowest BCUT2D eigenvalue weighted by atomic mass is 10.0. The molecule has 0 saturated carbocycles. The number of aliphatic hydroxyl groups is 1. The molecule has 1 fully saturated rings. The molecule has 2 atom stereocenters. The average molecular weight is 226 g/mol.